The van der Waals surface area contributed by atoms with Gasteiger partial charge >= 0.3 is 0 Å². The maximum atomic E-state index is 12.1. The van der Waals surface area contributed by atoms with Crippen LogP contribution in [0.15, 0.2) is 53.4 Å². The van der Waals surface area contributed by atoms with Crippen molar-refractivity contribution in [3.63, 3.8) is 0 Å². The molecule has 1 unspecified atom stereocenters. The average molecular weight is 274 g/mol. The van der Waals surface area contributed by atoms with Crippen molar-refractivity contribution in [1.29, 1.82) is 0 Å². The number of nitrogen functional groups attached to an aromatic ring is 1. The summed E-state index contributed by atoms with van der Waals surface area (Å²) >= 11 is 0. The number of nitrogens with two attached hydrogens (primary N) is 2. The van der Waals surface area contributed by atoms with Gasteiger partial charge in [0.25, 0.3) is 0 Å². The van der Waals surface area contributed by atoms with Gasteiger partial charge in [-0.05, 0) is 29.8 Å². The Morgan fingerprint density at radius 3 is 2.37 bits per heavy atom. The number of benzene rings is 2. The number of carbonyl (C=O) groups excluding carboxylic acids is 1. The molecule has 0 fully saturated rings. The Morgan fingerprint density at radius 1 is 1.11 bits per heavy atom. The Hall–Kier alpha value is -2.14. The topological polar surface area (TPSA) is 86.2 Å². The molecule has 19 heavy (non-hydrogen) atoms. The van der Waals surface area contributed by atoms with Crippen molar-refractivity contribution in [3.8, 4) is 0 Å². The number of anilines is 1. The van der Waals surface area contributed by atoms with Crippen LogP contribution in [0.4, 0.5) is 5.69 Å². The van der Waals surface area contributed by atoms with Gasteiger partial charge in [0, 0.05) is 16.1 Å². The molecule has 0 saturated heterocycles. The van der Waals surface area contributed by atoms with E-state index in [9.17, 15) is 9.00 Å². The minimum absolute atomic E-state index is 0.314. The van der Waals surface area contributed by atoms with E-state index in [-0.39, 0.29) is 0 Å². The van der Waals surface area contributed by atoms with Crippen molar-refractivity contribution in [2.75, 3.05) is 5.73 Å². The van der Waals surface area contributed by atoms with Crippen LogP contribution in [0.1, 0.15) is 15.9 Å². The molecular weight excluding hydrogens is 260 g/mol. The molecule has 4 nitrogen and oxygen atoms in total. The highest BCUT2D eigenvalue weighted by atomic mass is 32.2. The number of rotatable bonds is 4. The third-order valence-electron chi connectivity index (χ3n) is 2.72. The molecule has 4 N–H and O–H groups in total. The number of carbonyl (C=O) groups is 1. The van der Waals surface area contributed by atoms with Crippen LogP contribution in [0, 0.1) is 0 Å². The first-order valence-corrected chi connectivity index (χ1v) is 7.01. The molecule has 0 aliphatic rings. The molecule has 2 aromatic rings. The predicted octanol–water partition coefficient (Wildman–Crippen LogP) is 1.68. The second kappa shape index (κ2) is 5.67. The van der Waals surface area contributed by atoms with Crippen LogP contribution in [0.3, 0.4) is 0 Å². The quantitative estimate of drug-likeness (QED) is 0.832. The smallest absolute Gasteiger partial charge is 0.248 e. The van der Waals surface area contributed by atoms with Crippen LogP contribution in [0.5, 0.6) is 0 Å². The van der Waals surface area contributed by atoms with Crippen LogP contribution >= 0.6 is 0 Å². The molecule has 98 valence electrons. The molecule has 0 bridgehead atoms. The number of hydrogen-bond acceptors (Lipinski definition) is 3. The maximum Gasteiger partial charge on any atom is 0.248 e. The second-order valence-corrected chi connectivity index (χ2v) is 5.53. The third-order valence-corrected chi connectivity index (χ3v) is 4.09. The highest BCUT2D eigenvalue weighted by Gasteiger charge is 2.09. The van der Waals surface area contributed by atoms with E-state index in [0.29, 0.717) is 17.0 Å². The summed E-state index contributed by atoms with van der Waals surface area (Å²) in [6.07, 6.45) is 0. The van der Waals surface area contributed by atoms with Crippen molar-refractivity contribution < 1.29 is 9.00 Å². The fourth-order valence-electron chi connectivity index (χ4n) is 1.68. The standard InChI is InChI=1S/C14H14N2O2S/c15-13-8-10(14(16)17)6-7-11(13)9-19(18)12-4-2-1-3-5-12/h1-8H,9,15H2,(H2,16,17). The number of hydrogen-bond donors (Lipinski definition) is 2. The molecule has 0 spiro atoms. The summed E-state index contributed by atoms with van der Waals surface area (Å²) in [4.78, 5) is 11.8. The predicted molar refractivity (Wildman–Crippen MR) is 75.9 cm³/mol. The lowest BCUT2D eigenvalue weighted by molar-refractivity contribution is 0.100. The highest BCUT2D eigenvalue weighted by molar-refractivity contribution is 7.84. The monoisotopic (exact) mass is 274 g/mol. The zero-order valence-electron chi connectivity index (χ0n) is 10.2. The van der Waals surface area contributed by atoms with Gasteiger partial charge < -0.3 is 11.5 Å². The van der Waals surface area contributed by atoms with Gasteiger partial charge in [-0.3, -0.25) is 9.00 Å². The van der Waals surface area contributed by atoms with E-state index < -0.39 is 16.7 Å². The van der Waals surface area contributed by atoms with Crippen LogP contribution in [-0.2, 0) is 16.6 Å². The van der Waals surface area contributed by atoms with E-state index in [2.05, 4.69) is 0 Å². The molecule has 0 heterocycles. The average Bonchev–Trinajstić information content (AvgIpc) is 2.41. The molecule has 0 saturated carbocycles. The molecule has 0 aromatic heterocycles. The number of primary amides is 1. The number of amides is 1. The first kappa shape index (κ1) is 13.3. The van der Waals surface area contributed by atoms with Gasteiger partial charge in [0.15, 0.2) is 0 Å². The molecule has 2 aromatic carbocycles. The molecule has 0 aliphatic heterocycles. The van der Waals surface area contributed by atoms with E-state index in [4.69, 9.17) is 11.5 Å². The van der Waals surface area contributed by atoms with Gasteiger partial charge in [0.05, 0.1) is 16.6 Å². The van der Waals surface area contributed by atoms with Gasteiger partial charge in [-0.2, -0.15) is 0 Å². The van der Waals surface area contributed by atoms with Crippen molar-refractivity contribution in [1.82, 2.24) is 0 Å². The molecule has 0 aliphatic carbocycles. The Kier molecular flexibility index (Phi) is 3.97. The van der Waals surface area contributed by atoms with Crippen molar-refractivity contribution >= 4 is 22.4 Å². The lowest BCUT2D eigenvalue weighted by Gasteiger charge is -2.07. The van der Waals surface area contributed by atoms with Gasteiger partial charge in [-0.15, -0.1) is 0 Å². The lowest BCUT2D eigenvalue weighted by atomic mass is 10.1. The van der Waals surface area contributed by atoms with Crippen molar-refractivity contribution in [3.05, 3.63) is 59.7 Å². The summed E-state index contributed by atoms with van der Waals surface area (Å²) in [5, 5.41) is 0. The largest absolute Gasteiger partial charge is 0.398 e. The van der Waals surface area contributed by atoms with E-state index in [0.717, 1.165) is 10.5 Å². The SMILES string of the molecule is NC(=O)c1ccc(CS(=O)c2ccccc2)c(N)c1. The summed E-state index contributed by atoms with van der Waals surface area (Å²) in [5.41, 5.74) is 12.5. The van der Waals surface area contributed by atoms with E-state index in [1.165, 1.54) is 6.07 Å². The van der Waals surface area contributed by atoms with Gasteiger partial charge in [0.2, 0.25) is 5.91 Å². The van der Waals surface area contributed by atoms with Gasteiger partial charge in [-0.1, -0.05) is 24.3 Å². The Bertz CT molecular complexity index is 627. The van der Waals surface area contributed by atoms with Crippen molar-refractivity contribution in [2.24, 2.45) is 5.73 Å². The molecule has 1 atom stereocenters. The summed E-state index contributed by atoms with van der Waals surface area (Å²) in [5.74, 6) is -0.211. The zero-order valence-corrected chi connectivity index (χ0v) is 11.0. The maximum absolute atomic E-state index is 12.1. The molecular formula is C14H14N2O2S. The summed E-state index contributed by atoms with van der Waals surface area (Å²) in [6, 6.07) is 14.0. The van der Waals surface area contributed by atoms with Gasteiger partial charge in [0.1, 0.15) is 0 Å². The highest BCUT2D eigenvalue weighted by Crippen LogP contribution is 2.19. The van der Waals surface area contributed by atoms with E-state index in [1.807, 2.05) is 30.3 Å². The Morgan fingerprint density at radius 2 is 1.79 bits per heavy atom. The first-order chi connectivity index (χ1) is 9.08. The normalized spacial score (nSPS) is 12.0. The summed E-state index contributed by atoms with van der Waals surface area (Å²) in [7, 11) is -1.16. The zero-order chi connectivity index (χ0) is 13.8. The third kappa shape index (κ3) is 3.20. The van der Waals surface area contributed by atoms with E-state index in [1.54, 1.807) is 12.1 Å². The van der Waals surface area contributed by atoms with Crippen molar-refractivity contribution in [2.45, 2.75) is 10.6 Å². The van der Waals surface area contributed by atoms with Crippen LogP contribution in [-0.4, -0.2) is 10.1 Å². The minimum atomic E-state index is -1.16. The fourth-order valence-corrected chi connectivity index (χ4v) is 2.85. The first-order valence-electron chi connectivity index (χ1n) is 5.69. The molecule has 5 heteroatoms. The van der Waals surface area contributed by atoms with Crippen LogP contribution < -0.4 is 11.5 Å². The molecule has 0 radical (unpaired) electrons. The summed E-state index contributed by atoms with van der Waals surface area (Å²) in [6.45, 7) is 0. The minimum Gasteiger partial charge on any atom is -0.398 e. The fraction of sp³-hybridized carbons (Fsp3) is 0.0714. The lowest BCUT2D eigenvalue weighted by Crippen LogP contribution is -2.12. The molecule has 1 amide bonds. The molecule has 2 rings (SSSR count). The van der Waals surface area contributed by atoms with Crippen LogP contribution in [0.2, 0.25) is 0 Å². The second-order valence-electron chi connectivity index (χ2n) is 4.08. The Labute approximate surface area is 113 Å². The van der Waals surface area contributed by atoms with Crippen LogP contribution in [0.25, 0.3) is 0 Å². The van der Waals surface area contributed by atoms with Gasteiger partial charge in [-0.25, -0.2) is 0 Å². The summed E-state index contributed by atoms with van der Waals surface area (Å²) < 4.78 is 12.1. The van der Waals surface area contributed by atoms with E-state index >= 15 is 0 Å². The Balaban J connectivity index is 2.20.